The molecule has 1 atom stereocenters. The zero-order valence-electron chi connectivity index (χ0n) is 14.1. The third kappa shape index (κ3) is 4.49. The van der Waals surface area contributed by atoms with Crippen molar-refractivity contribution in [3.63, 3.8) is 0 Å². The maximum atomic E-state index is 12.6. The Balaban J connectivity index is 1.85. The van der Waals surface area contributed by atoms with Gasteiger partial charge in [0.15, 0.2) is 0 Å². The molecule has 3 rings (SSSR count). The van der Waals surface area contributed by atoms with E-state index in [2.05, 4.69) is 24.4 Å². The van der Waals surface area contributed by atoms with Crippen LogP contribution in [-0.2, 0) is 11.2 Å². The number of amides is 1. The first-order chi connectivity index (χ1) is 12.1. The van der Waals surface area contributed by atoms with Crippen LogP contribution in [0.25, 0.3) is 0 Å². The van der Waals surface area contributed by atoms with E-state index in [1.165, 1.54) is 5.56 Å². The monoisotopic (exact) mass is 349 g/mol. The van der Waals surface area contributed by atoms with E-state index in [1.807, 2.05) is 60.7 Å². The van der Waals surface area contributed by atoms with Gasteiger partial charge in [-0.1, -0.05) is 90.0 Å². The van der Waals surface area contributed by atoms with E-state index in [-0.39, 0.29) is 18.4 Å². The van der Waals surface area contributed by atoms with Crippen molar-refractivity contribution in [1.82, 2.24) is 5.32 Å². The lowest BCUT2D eigenvalue weighted by Gasteiger charge is -2.20. The van der Waals surface area contributed by atoms with E-state index in [4.69, 9.17) is 11.6 Å². The van der Waals surface area contributed by atoms with E-state index in [0.717, 1.165) is 16.7 Å². The molecule has 1 amide bonds. The van der Waals surface area contributed by atoms with Crippen LogP contribution in [0.4, 0.5) is 0 Å². The van der Waals surface area contributed by atoms with Crippen molar-refractivity contribution in [2.24, 2.45) is 0 Å². The Hall–Kier alpha value is -2.58. The molecule has 0 aromatic heterocycles. The molecule has 3 aromatic rings. The summed E-state index contributed by atoms with van der Waals surface area (Å²) in [6, 6.07) is 25.5. The van der Waals surface area contributed by atoms with E-state index in [9.17, 15) is 4.79 Å². The molecule has 0 bridgehead atoms. The second kappa shape index (κ2) is 8.00. The molecule has 0 aliphatic rings. The molecule has 126 valence electrons. The topological polar surface area (TPSA) is 29.1 Å². The molecule has 0 aliphatic carbocycles. The van der Waals surface area contributed by atoms with E-state index < -0.39 is 0 Å². The minimum absolute atomic E-state index is 0.0524. The number of hydrogen-bond acceptors (Lipinski definition) is 1. The molecule has 3 heteroatoms. The Morgan fingerprint density at radius 2 is 1.60 bits per heavy atom. The minimum atomic E-state index is -0.184. The summed E-state index contributed by atoms with van der Waals surface area (Å²) < 4.78 is 0. The molecule has 25 heavy (non-hydrogen) atoms. The summed E-state index contributed by atoms with van der Waals surface area (Å²) in [7, 11) is 0. The van der Waals surface area contributed by atoms with Crippen LogP contribution in [0.3, 0.4) is 0 Å². The number of aryl methyl sites for hydroxylation is 1. The lowest BCUT2D eigenvalue weighted by Crippen LogP contribution is -2.30. The van der Waals surface area contributed by atoms with E-state index in [0.29, 0.717) is 5.02 Å². The smallest absolute Gasteiger partial charge is 0.225 e. The fraction of sp³-hybridized carbons (Fsp3) is 0.136. The van der Waals surface area contributed by atoms with Crippen LogP contribution in [-0.4, -0.2) is 5.91 Å². The van der Waals surface area contributed by atoms with Crippen molar-refractivity contribution in [2.45, 2.75) is 19.4 Å². The molecule has 1 N–H and O–H groups in total. The first-order valence-corrected chi connectivity index (χ1v) is 8.65. The van der Waals surface area contributed by atoms with Crippen LogP contribution in [0.15, 0.2) is 78.9 Å². The fourth-order valence-corrected chi connectivity index (χ4v) is 3.08. The fourth-order valence-electron chi connectivity index (χ4n) is 2.88. The average molecular weight is 350 g/mol. The van der Waals surface area contributed by atoms with Gasteiger partial charge in [0.2, 0.25) is 5.91 Å². The van der Waals surface area contributed by atoms with Gasteiger partial charge in [0.05, 0.1) is 12.5 Å². The van der Waals surface area contributed by atoms with Gasteiger partial charge in [0, 0.05) is 5.02 Å². The highest BCUT2D eigenvalue weighted by Gasteiger charge is 2.17. The Morgan fingerprint density at radius 3 is 2.32 bits per heavy atom. The van der Waals surface area contributed by atoms with Crippen molar-refractivity contribution in [2.75, 3.05) is 0 Å². The number of rotatable bonds is 5. The molecular weight excluding hydrogens is 330 g/mol. The second-order valence-electron chi connectivity index (χ2n) is 6.09. The summed E-state index contributed by atoms with van der Waals surface area (Å²) in [6.45, 7) is 2.05. The van der Waals surface area contributed by atoms with Gasteiger partial charge in [-0.25, -0.2) is 0 Å². The highest BCUT2D eigenvalue weighted by molar-refractivity contribution is 6.31. The van der Waals surface area contributed by atoms with Gasteiger partial charge in [-0.15, -0.1) is 0 Å². The molecule has 2 nitrogen and oxygen atoms in total. The van der Waals surface area contributed by atoms with Gasteiger partial charge in [-0.05, 0) is 29.7 Å². The number of hydrogen-bond donors (Lipinski definition) is 1. The normalized spacial score (nSPS) is 11.8. The first kappa shape index (κ1) is 17.2. The van der Waals surface area contributed by atoms with Crippen molar-refractivity contribution >= 4 is 17.5 Å². The van der Waals surface area contributed by atoms with Crippen molar-refractivity contribution in [3.05, 3.63) is 106 Å². The summed E-state index contributed by atoms with van der Waals surface area (Å²) in [6.07, 6.45) is 0.259. The summed E-state index contributed by atoms with van der Waals surface area (Å²) in [5.74, 6) is -0.0524. The van der Waals surface area contributed by atoms with Crippen molar-refractivity contribution < 1.29 is 4.79 Å². The van der Waals surface area contributed by atoms with Gasteiger partial charge in [0.25, 0.3) is 0 Å². The Morgan fingerprint density at radius 1 is 0.920 bits per heavy atom. The van der Waals surface area contributed by atoms with Crippen LogP contribution < -0.4 is 5.32 Å². The highest BCUT2D eigenvalue weighted by Crippen LogP contribution is 2.23. The average Bonchev–Trinajstić information content (AvgIpc) is 2.62. The predicted octanol–water partition coefficient (Wildman–Crippen LogP) is 5.10. The first-order valence-electron chi connectivity index (χ1n) is 8.28. The van der Waals surface area contributed by atoms with Crippen LogP contribution >= 0.6 is 11.6 Å². The molecule has 0 saturated carbocycles. The van der Waals surface area contributed by atoms with E-state index in [1.54, 1.807) is 6.07 Å². The van der Waals surface area contributed by atoms with Gasteiger partial charge < -0.3 is 5.32 Å². The Kier molecular flexibility index (Phi) is 5.52. The molecule has 0 heterocycles. The third-order valence-corrected chi connectivity index (χ3v) is 4.49. The molecule has 0 aliphatic heterocycles. The lowest BCUT2D eigenvalue weighted by molar-refractivity contribution is -0.120. The maximum absolute atomic E-state index is 12.6. The van der Waals surface area contributed by atoms with Crippen LogP contribution in [0.1, 0.15) is 28.3 Å². The lowest BCUT2D eigenvalue weighted by atomic mass is 9.97. The summed E-state index contributed by atoms with van der Waals surface area (Å²) in [5.41, 5.74) is 4.12. The van der Waals surface area contributed by atoms with Crippen LogP contribution in [0.2, 0.25) is 5.02 Å². The van der Waals surface area contributed by atoms with Gasteiger partial charge >= 0.3 is 0 Å². The van der Waals surface area contributed by atoms with Gasteiger partial charge in [-0.2, -0.15) is 0 Å². The standard InChI is InChI=1S/C22H20ClNO/c1-16-8-7-12-19(14-16)22(17-9-3-2-4-10-17)24-21(25)15-18-11-5-6-13-20(18)23/h2-14,22H,15H2,1H3,(H,24,25)/t22-/m0/s1. The second-order valence-corrected chi connectivity index (χ2v) is 6.50. The largest absolute Gasteiger partial charge is 0.345 e. The maximum Gasteiger partial charge on any atom is 0.225 e. The van der Waals surface area contributed by atoms with Crippen LogP contribution in [0.5, 0.6) is 0 Å². The SMILES string of the molecule is Cc1cccc([C@@H](NC(=O)Cc2ccccc2Cl)c2ccccc2)c1. The summed E-state index contributed by atoms with van der Waals surface area (Å²) in [4.78, 5) is 12.6. The van der Waals surface area contributed by atoms with Gasteiger partial charge in [-0.3, -0.25) is 4.79 Å². The Labute approximate surface area is 153 Å². The third-order valence-electron chi connectivity index (χ3n) is 4.12. The summed E-state index contributed by atoms with van der Waals surface area (Å²) >= 11 is 6.18. The molecular formula is C22H20ClNO. The number of benzene rings is 3. The quantitative estimate of drug-likeness (QED) is 0.682. The summed E-state index contributed by atoms with van der Waals surface area (Å²) in [5, 5.41) is 3.77. The van der Waals surface area contributed by atoms with Crippen molar-refractivity contribution in [3.8, 4) is 0 Å². The zero-order chi connectivity index (χ0) is 17.6. The minimum Gasteiger partial charge on any atom is -0.345 e. The highest BCUT2D eigenvalue weighted by atomic mass is 35.5. The number of carbonyl (C=O) groups is 1. The molecule has 0 fully saturated rings. The van der Waals surface area contributed by atoms with E-state index >= 15 is 0 Å². The zero-order valence-corrected chi connectivity index (χ0v) is 14.8. The molecule has 0 saturated heterocycles. The van der Waals surface area contributed by atoms with Crippen LogP contribution in [0, 0.1) is 6.92 Å². The molecule has 0 unspecified atom stereocenters. The molecule has 3 aromatic carbocycles. The van der Waals surface area contributed by atoms with Gasteiger partial charge in [0.1, 0.15) is 0 Å². The molecule has 0 radical (unpaired) electrons. The Bertz CT molecular complexity index is 861. The number of halogens is 1. The predicted molar refractivity (Wildman–Crippen MR) is 103 cm³/mol. The molecule has 0 spiro atoms. The number of carbonyl (C=O) groups excluding carboxylic acids is 1. The van der Waals surface area contributed by atoms with Crippen molar-refractivity contribution in [1.29, 1.82) is 0 Å². The number of nitrogens with one attached hydrogen (secondary N) is 1.